The van der Waals surface area contributed by atoms with Crippen molar-refractivity contribution in [2.75, 3.05) is 0 Å². The molecule has 0 aliphatic heterocycles. The normalized spacial score (nSPS) is 16.2. The van der Waals surface area contributed by atoms with Crippen LogP contribution in [0.3, 0.4) is 0 Å². The SMILES string of the molecule is c1ccc([C@H](NCc2nnc(-c3ccco3)o2)C2CCC2)cc1. The Bertz CT molecular complexity index is 733. The molecule has 118 valence electrons. The standard InChI is InChI=1S/C18H19N3O2/c1-2-6-13(7-3-1)17(14-8-4-9-14)19-12-16-20-21-18(23-16)15-10-5-11-22-15/h1-3,5-7,10-11,14,17,19H,4,8-9,12H2/t17-/m0/s1. The van der Waals surface area contributed by atoms with Crippen molar-refractivity contribution in [3.63, 3.8) is 0 Å². The monoisotopic (exact) mass is 309 g/mol. The van der Waals surface area contributed by atoms with Crippen molar-refractivity contribution in [2.24, 2.45) is 5.92 Å². The zero-order chi connectivity index (χ0) is 15.5. The number of furan rings is 1. The molecule has 23 heavy (non-hydrogen) atoms. The molecular formula is C18H19N3O2. The van der Waals surface area contributed by atoms with Crippen LogP contribution >= 0.6 is 0 Å². The van der Waals surface area contributed by atoms with Crippen molar-refractivity contribution >= 4 is 0 Å². The summed E-state index contributed by atoms with van der Waals surface area (Å²) in [5, 5.41) is 11.7. The van der Waals surface area contributed by atoms with Crippen molar-refractivity contribution in [3.8, 4) is 11.7 Å². The van der Waals surface area contributed by atoms with Crippen molar-refractivity contribution in [1.29, 1.82) is 0 Å². The summed E-state index contributed by atoms with van der Waals surface area (Å²) in [6, 6.07) is 14.5. The largest absolute Gasteiger partial charge is 0.459 e. The Morgan fingerprint density at radius 3 is 2.65 bits per heavy atom. The van der Waals surface area contributed by atoms with Crippen LogP contribution in [0.5, 0.6) is 0 Å². The van der Waals surface area contributed by atoms with Gasteiger partial charge in [0.2, 0.25) is 5.89 Å². The van der Waals surface area contributed by atoms with Gasteiger partial charge >= 0.3 is 0 Å². The van der Waals surface area contributed by atoms with Gasteiger partial charge in [0.15, 0.2) is 5.76 Å². The van der Waals surface area contributed by atoms with E-state index in [1.165, 1.54) is 24.8 Å². The number of benzene rings is 1. The molecule has 2 aromatic heterocycles. The fourth-order valence-corrected chi connectivity index (χ4v) is 3.01. The highest BCUT2D eigenvalue weighted by atomic mass is 16.4. The quantitative estimate of drug-likeness (QED) is 0.746. The first-order chi connectivity index (χ1) is 11.4. The summed E-state index contributed by atoms with van der Waals surface area (Å²) >= 11 is 0. The van der Waals surface area contributed by atoms with Crippen LogP contribution in [0.4, 0.5) is 0 Å². The molecular weight excluding hydrogens is 290 g/mol. The van der Waals surface area contributed by atoms with E-state index in [1.807, 2.05) is 6.07 Å². The van der Waals surface area contributed by atoms with Gasteiger partial charge in [-0.1, -0.05) is 36.8 Å². The number of hydrogen-bond donors (Lipinski definition) is 1. The maximum Gasteiger partial charge on any atom is 0.283 e. The van der Waals surface area contributed by atoms with Gasteiger partial charge in [-0.05, 0) is 36.5 Å². The second kappa shape index (κ2) is 6.38. The van der Waals surface area contributed by atoms with Gasteiger partial charge in [0.05, 0.1) is 12.8 Å². The van der Waals surface area contributed by atoms with Crippen LogP contribution in [0.15, 0.2) is 57.6 Å². The average Bonchev–Trinajstić information content (AvgIpc) is 3.21. The molecule has 1 N–H and O–H groups in total. The zero-order valence-electron chi connectivity index (χ0n) is 12.8. The fraction of sp³-hybridized carbons (Fsp3) is 0.333. The number of hydrogen-bond acceptors (Lipinski definition) is 5. The Morgan fingerprint density at radius 1 is 1.09 bits per heavy atom. The molecule has 0 bridgehead atoms. The van der Waals surface area contributed by atoms with E-state index in [-0.39, 0.29) is 0 Å². The number of rotatable bonds is 6. The molecule has 0 spiro atoms. The molecule has 1 saturated carbocycles. The minimum Gasteiger partial charge on any atom is -0.459 e. The van der Waals surface area contributed by atoms with E-state index in [4.69, 9.17) is 8.83 Å². The second-order valence-corrected chi connectivity index (χ2v) is 5.94. The Hall–Kier alpha value is -2.40. The molecule has 5 heteroatoms. The molecule has 1 aliphatic rings. The Kier molecular flexibility index (Phi) is 3.94. The van der Waals surface area contributed by atoms with Crippen LogP contribution in [-0.4, -0.2) is 10.2 Å². The Morgan fingerprint density at radius 2 is 1.96 bits per heavy atom. The topological polar surface area (TPSA) is 64.1 Å². The lowest BCUT2D eigenvalue weighted by atomic mass is 9.77. The lowest BCUT2D eigenvalue weighted by molar-refractivity contribution is 0.225. The minimum atomic E-state index is 0.337. The first-order valence-corrected chi connectivity index (χ1v) is 8.05. The van der Waals surface area contributed by atoms with Crippen LogP contribution in [0.25, 0.3) is 11.7 Å². The van der Waals surface area contributed by atoms with Crippen LogP contribution in [0, 0.1) is 5.92 Å². The van der Waals surface area contributed by atoms with Gasteiger partial charge in [0, 0.05) is 6.04 Å². The number of aromatic nitrogens is 2. The molecule has 1 aliphatic carbocycles. The van der Waals surface area contributed by atoms with E-state index < -0.39 is 0 Å². The van der Waals surface area contributed by atoms with Crippen molar-refractivity contribution < 1.29 is 8.83 Å². The summed E-state index contributed by atoms with van der Waals surface area (Å²) < 4.78 is 10.9. The van der Waals surface area contributed by atoms with Gasteiger partial charge in [0.1, 0.15) is 0 Å². The molecule has 1 aromatic carbocycles. The van der Waals surface area contributed by atoms with Gasteiger partial charge in [-0.25, -0.2) is 0 Å². The van der Waals surface area contributed by atoms with Gasteiger partial charge in [-0.15, -0.1) is 10.2 Å². The lowest BCUT2D eigenvalue weighted by Crippen LogP contribution is -2.32. The van der Waals surface area contributed by atoms with Crippen LogP contribution in [-0.2, 0) is 6.54 Å². The predicted molar refractivity (Wildman–Crippen MR) is 85.4 cm³/mol. The van der Waals surface area contributed by atoms with E-state index in [1.54, 1.807) is 12.3 Å². The fourth-order valence-electron chi connectivity index (χ4n) is 3.01. The Balaban J connectivity index is 1.46. The highest BCUT2D eigenvalue weighted by molar-refractivity contribution is 5.42. The highest BCUT2D eigenvalue weighted by Gasteiger charge is 2.28. The first-order valence-electron chi connectivity index (χ1n) is 8.05. The van der Waals surface area contributed by atoms with Crippen molar-refractivity contribution in [1.82, 2.24) is 15.5 Å². The highest BCUT2D eigenvalue weighted by Crippen LogP contribution is 2.37. The summed E-state index contributed by atoms with van der Waals surface area (Å²) in [6.07, 6.45) is 5.46. The average molecular weight is 309 g/mol. The molecule has 1 atom stereocenters. The van der Waals surface area contributed by atoms with Crippen molar-refractivity contribution in [3.05, 3.63) is 60.2 Å². The third-order valence-electron chi connectivity index (χ3n) is 4.45. The van der Waals surface area contributed by atoms with E-state index in [2.05, 4.69) is 45.8 Å². The lowest BCUT2D eigenvalue weighted by Gasteiger charge is -2.34. The molecule has 0 unspecified atom stereocenters. The van der Waals surface area contributed by atoms with Gasteiger partial charge in [-0.3, -0.25) is 0 Å². The van der Waals surface area contributed by atoms with Crippen LogP contribution in [0.1, 0.15) is 36.8 Å². The third-order valence-corrected chi connectivity index (χ3v) is 4.45. The molecule has 1 fully saturated rings. The number of nitrogens with zero attached hydrogens (tertiary/aromatic N) is 2. The van der Waals surface area contributed by atoms with E-state index in [9.17, 15) is 0 Å². The second-order valence-electron chi connectivity index (χ2n) is 5.94. The molecule has 3 aromatic rings. The van der Waals surface area contributed by atoms with Gasteiger partial charge in [-0.2, -0.15) is 0 Å². The Labute approximate surface area is 134 Å². The third kappa shape index (κ3) is 3.05. The summed E-state index contributed by atoms with van der Waals surface area (Å²) in [5.41, 5.74) is 1.32. The predicted octanol–water partition coefficient (Wildman–Crippen LogP) is 3.96. The summed E-state index contributed by atoms with van der Waals surface area (Å²) in [5.74, 6) is 2.29. The molecule has 4 rings (SSSR count). The maximum atomic E-state index is 5.67. The van der Waals surface area contributed by atoms with Crippen LogP contribution < -0.4 is 5.32 Å². The number of nitrogens with one attached hydrogen (secondary N) is 1. The molecule has 0 amide bonds. The van der Waals surface area contributed by atoms with E-state index in [0.29, 0.717) is 36.0 Å². The van der Waals surface area contributed by atoms with Gasteiger partial charge in [0.25, 0.3) is 5.89 Å². The molecule has 0 saturated heterocycles. The van der Waals surface area contributed by atoms with Crippen molar-refractivity contribution in [2.45, 2.75) is 31.8 Å². The smallest absolute Gasteiger partial charge is 0.283 e. The molecule has 0 radical (unpaired) electrons. The summed E-state index contributed by atoms with van der Waals surface area (Å²) in [6.45, 7) is 0.559. The van der Waals surface area contributed by atoms with E-state index in [0.717, 1.165) is 0 Å². The minimum absolute atomic E-state index is 0.337. The summed E-state index contributed by atoms with van der Waals surface area (Å²) in [7, 11) is 0. The van der Waals surface area contributed by atoms with Crippen LogP contribution in [0.2, 0.25) is 0 Å². The molecule has 2 heterocycles. The van der Waals surface area contributed by atoms with Gasteiger partial charge < -0.3 is 14.2 Å². The zero-order valence-corrected chi connectivity index (χ0v) is 12.8. The maximum absolute atomic E-state index is 5.67. The van der Waals surface area contributed by atoms with E-state index >= 15 is 0 Å². The first kappa shape index (κ1) is 14.2. The summed E-state index contributed by atoms with van der Waals surface area (Å²) in [4.78, 5) is 0. The molecule has 5 nitrogen and oxygen atoms in total.